The Bertz CT molecular complexity index is 466. The third-order valence-corrected chi connectivity index (χ3v) is 3.49. The van der Waals surface area contributed by atoms with Gasteiger partial charge >= 0.3 is 0 Å². The zero-order chi connectivity index (χ0) is 11.9. The summed E-state index contributed by atoms with van der Waals surface area (Å²) < 4.78 is 1.83. The van der Waals surface area contributed by atoms with Gasteiger partial charge in [0.05, 0.1) is 22.4 Å². The average Bonchev–Trinajstić information content (AvgIpc) is 2.68. The van der Waals surface area contributed by atoms with E-state index in [9.17, 15) is 0 Å². The molecule has 1 atom stereocenters. The summed E-state index contributed by atoms with van der Waals surface area (Å²) in [6.45, 7) is 8.12. The molecule has 2 rings (SSSR count). The van der Waals surface area contributed by atoms with E-state index in [1.165, 1.54) is 4.88 Å². The highest BCUT2D eigenvalue weighted by atomic mass is 32.1. The van der Waals surface area contributed by atoms with Crippen LogP contribution in [-0.2, 0) is 0 Å². The number of aromatic nitrogens is 3. The van der Waals surface area contributed by atoms with Crippen molar-refractivity contribution in [3.05, 3.63) is 27.3 Å². The van der Waals surface area contributed by atoms with Crippen LogP contribution in [0.1, 0.15) is 34.2 Å². The molecule has 0 fully saturated rings. The van der Waals surface area contributed by atoms with Crippen LogP contribution in [0, 0.1) is 20.8 Å². The molecule has 0 radical (unpaired) electrons. The first kappa shape index (κ1) is 11.1. The molecule has 0 aromatic carbocycles. The van der Waals surface area contributed by atoms with Gasteiger partial charge in [-0.25, -0.2) is 9.67 Å². The van der Waals surface area contributed by atoms with E-state index in [1.54, 1.807) is 11.3 Å². The van der Waals surface area contributed by atoms with Gasteiger partial charge in [-0.2, -0.15) is 5.10 Å². The topological polar surface area (TPSA) is 56.7 Å². The summed E-state index contributed by atoms with van der Waals surface area (Å²) in [4.78, 5) is 5.77. The standard InChI is InChI=1S/C11H16N4S/c1-6-5-10(12)15(14-6)7(2)11-8(3)16-9(4)13-11/h5,7H,12H2,1-4H3. The quantitative estimate of drug-likeness (QED) is 0.871. The molecule has 0 saturated carbocycles. The molecule has 2 aromatic rings. The van der Waals surface area contributed by atoms with E-state index >= 15 is 0 Å². The van der Waals surface area contributed by atoms with Crippen LogP contribution in [0.4, 0.5) is 5.82 Å². The third-order valence-electron chi connectivity index (χ3n) is 2.59. The number of nitrogens with zero attached hydrogens (tertiary/aromatic N) is 3. The molecule has 0 bridgehead atoms. The highest BCUT2D eigenvalue weighted by molar-refractivity contribution is 7.11. The molecule has 86 valence electrons. The number of hydrogen-bond donors (Lipinski definition) is 1. The Morgan fingerprint density at radius 3 is 2.50 bits per heavy atom. The Hall–Kier alpha value is -1.36. The van der Waals surface area contributed by atoms with E-state index < -0.39 is 0 Å². The van der Waals surface area contributed by atoms with Crippen molar-refractivity contribution in [3.8, 4) is 0 Å². The Balaban J connectivity index is 2.42. The van der Waals surface area contributed by atoms with Crippen molar-refractivity contribution >= 4 is 17.2 Å². The van der Waals surface area contributed by atoms with Crippen LogP contribution in [0.15, 0.2) is 6.07 Å². The smallest absolute Gasteiger partial charge is 0.122 e. The fourth-order valence-electron chi connectivity index (χ4n) is 1.90. The molecular weight excluding hydrogens is 220 g/mol. The van der Waals surface area contributed by atoms with Gasteiger partial charge in [0.2, 0.25) is 0 Å². The average molecular weight is 236 g/mol. The molecule has 0 spiro atoms. The van der Waals surface area contributed by atoms with E-state index in [4.69, 9.17) is 5.73 Å². The lowest BCUT2D eigenvalue weighted by Gasteiger charge is -2.12. The second-order valence-corrected chi connectivity index (χ2v) is 5.41. The Morgan fingerprint density at radius 2 is 2.06 bits per heavy atom. The molecule has 4 nitrogen and oxygen atoms in total. The molecular formula is C11H16N4S. The second kappa shape index (κ2) is 3.90. The van der Waals surface area contributed by atoms with E-state index in [2.05, 4.69) is 23.9 Å². The summed E-state index contributed by atoms with van der Waals surface area (Å²) in [5.41, 5.74) is 7.92. The first-order valence-corrected chi connectivity index (χ1v) is 6.06. The fraction of sp³-hybridized carbons (Fsp3) is 0.455. The van der Waals surface area contributed by atoms with Crippen molar-refractivity contribution in [2.45, 2.75) is 33.7 Å². The van der Waals surface area contributed by atoms with Gasteiger partial charge in [0.25, 0.3) is 0 Å². The van der Waals surface area contributed by atoms with Crippen LogP contribution >= 0.6 is 11.3 Å². The van der Waals surface area contributed by atoms with Gasteiger partial charge in [0, 0.05) is 10.9 Å². The van der Waals surface area contributed by atoms with E-state index in [0.29, 0.717) is 5.82 Å². The van der Waals surface area contributed by atoms with Gasteiger partial charge in [0.1, 0.15) is 5.82 Å². The van der Waals surface area contributed by atoms with Crippen molar-refractivity contribution in [2.24, 2.45) is 0 Å². The minimum Gasteiger partial charge on any atom is -0.384 e. The van der Waals surface area contributed by atoms with Gasteiger partial charge in [-0.3, -0.25) is 0 Å². The Labute approximate surface area is 99.1 Å². The highest BCUT2D eigenvalue weighted by Crippen LogP contribution is 2.26. The minimum absolute atomic E-state index is 0.0960. The molecule has 2 N–H and O–H groups in total. The third kappa shape index (κ3) is 1.82. The summed E-state index contributed by atoms with van der Waals surface area (Å²) >= 11 is 1.71. The number of nitrogen functional groups attached to an aromatic ring is 1. The fourth-order valence-corrected chi connectivity index (χ4v) is 2.80. The summed E-state index contributed by atoms with van der Waals surface area (Å²) in [7, 11) is 0. The molecule has 0 saturated heterocycles. The highest BCUT2D eigenvalue weighted by Gasteiger charge is 2.17. The van der Waals surface area contributed by atoms with Gasteiger partial charge < -0.3 is 5.73 Å². The van der Waals surface area contributed by atoms with E-state index in [-0.39, 0.29) is 6.04 Å². The maximum atomic E-state index is 5.91. The van der Waals surface area contributed by atoms with Gasteiger partial charge in [-0.05, 0) is 27.7 Å². The minimum atomic E-state index is 0.0960. The zero-order valence-corrected chi connectivity index (χ0v) is 10.8. The predicted molar refractivity (Wildman–Crippen MR) is 66.8 cm³/mol. The van der Waals surface area contributed by atoms with Crippen molar-refractivity contribution in [1.29, 1.82) is 0 Å². The Morgan fingerprint density at radius 1 is 1.38 bits per heavy atom. The molecule has 2 heterocycles. The summed E-state index contributed by atoms with van der Waals surface area (Å²) in [6, 6.07) is 1.98. The largest absolute Gasteiger partial charge is 0.384 e. The normalized spacial score (nSPS) is 13.0. The van der Waals surface area contributed by atoms with E-state index in [0.717, 1.165) is 16.4 Å². The lowest BCUT2D eigenvalue weighted by molar-refractivity contribution is 0.555. The second-order valence-electron chi connectivity index (χ2n) is 4.01. The van der Waals surface area contributed by atoms with Gasteiger partial charge in [-0.15, -0.1) is 11.3 Å². The van der Waals surface area contributed by atoms with Crippen LogP contribution < -0.4 is 5.73 Å². The van der Waals surface area contributed by atoms with Crippen molar-refractivity contribution < 1.29 is 0 Å². The van der Waals surface area contributed by atoms with Crippen molar-refractivity contribution in [1.82, 2.24) is 14.8 Å². The van der Waals surface area contributed by atoms with Crippen molar-refractivity contribution in [2.75, 3.05) is 5.73 Å². The number of hydrogen-bond acceptors (Lipinski definition) is 4. The molecule has 0 amide bonds. The zero-order valence-electron chi connectivity index (χ0n) is 9.98. The molecule has 5 heteroatoms. The van der Waals surface area contributed by atoms with Crippen LogP contribution in [0.25, 0.3) is 0 Å². The van der Waals surface area contributed by atoms with Crippen molar-refractivity contribution in [3.63, 3.8) is 0 Å². The number of nitrogens with two attached hydrogens (primary N) is 1. The SMILES string of the molecule is Cc1cc(N)n(C(C)c2nc(C)sc2C)n1. The summed E-state index contributed by atoms with van der Waals surface area (Å²) in [5, 5.41) is 5.48. The predicted octanol–water partition coefficient (Wildman–Crippen LogP) is 2.46. The maximum absolute atomic E-state index is 5.91. The van der Waals surface area contributed by atoms with E-state index in [1.807, 2.05) is 24.6 Å². The number of thiazole rings is 1. The number of anilines is 1. The Kier molecular flexibility index (Phi) is 2.71. The number of aryl methyl sites for hydroxylation is 3. The molecule has 16 heavy (non-hydrogen) atoms. The van der Waals surface area contributed by atoms with Crippen LogP contribution in [0.2, 0.25) is 0 Å². The van der Waals surface area contributed by atoms with Crippen LogP contribution in [0.5, 0.6) is 0 Å². The summed E-state index contributed by atoms with van der Waals surface area (Å²) in [5.74, 6) is 0.690. The monoisotopic (exact) mass is 236 g/mol. The first-order chi connectivity index (χ1) is 7.49. The molecule has 0 aliphatic rings. The maximum Gasteiger partial charge on any atom is 0.122 e. The number of rotatable bonds is 2. The lowest BCUT2D eigenvalue weighted by atomic mass is 10.2. The van der Waals surface area contributed by atoms with Gasteiger partial charge in [-0.1, -0.05) is 0 Å². The van der Waals surface area contributed by atoms with Gasteiger partial charge in [0.15, 0.2) is 0 Å². The molecule has 0 aliphatic heterocycles. The molecule has 1 unspecified atom stereocenters. The molecule has 0 aliphatic carbocycles. The summed E-state index contributed by atoms with van der Waals surface area (Å²) in [6.07, 6.45) is 0. The lowest BCUT2D eigenvalue weighted by Crippen LogP contribution is -2.12. The molecule has 2 aromatic heterocycles. The van der Waals surface area contributed by atoms with Crippen LogP contribution in [-0.4, -0.2) is 14.8 Å². The van der Waals surface area contributed by atoms with Crippen LogP contribution in [0.3, 0.4) is 0 Å². The first-order valence-electron chi connectivity index (χ1n) is 5.24.